The van der Waals surface area contributed by atoms with Crippen LogP contribution in [-0.2, 0) is 10.9 Å². The van der Waals surface area contributed by atoms with Crippen molar-refractivity contribution in [2.45, 2.75) is 26.1 Å². The molecule has 0 fully saturated rings. The maximum atomic E-state index is 12.3. The summed E-state index contributed by atoms with van der Waals surface area (Å²) >= 11 is 0. The topological polar surface area (TPSA) is 47.0 Å². The van der Waals surface area contributed by atoms with Crippen LogP contribution in [0.25, 0.3) is 0 Å². The molecule has 1 N–H and O–H groups in total. The van der Waals surface area contributed by atoms with Crippen LogP contribution in [-0.4, -0.2) is 29.2 Å². The highest BCUT2D eigenvalue weighted by Crippen LogP contribution is 2.27. The van der Waals surface area contributed by atoms with E-state index in [4.69, 9.17) is 4.74 Å². The van der Waals surface area contributed by atoms with Gasteiger partial charge in [0.1, 0.15) is 5.69 Å². The van der Waals surface area contributed by atoms with Gasteiger partial charge in [0, 0.05) is 12.7 Å². The molecule has 1 rings (SSSR count). The number of ether oxygens (including phenoxy) is 1. The Hall–Kier alpha value is -1.37. The van der Waals surface area contributed by atoms with Crippen molar-refractivity contribution in [3.8, 4) is 0 Å². The molecular weight excluding hydrogens is 235 g/mol. The van der Waals surface area contributed by atoms with E-state index < -0.39 is 11.9 Å². The molecular formula is C10H14F3N3O. The summed E-state index contributed by atoms with van der Waals surface area (Å²) in [6.07, 6.45) is -3.30. The average Bonchev–Trinajstić information content (AvgIpc) is 2.23. The van der Waals surface area contributed by atoms with E-state index in [0.29, 0.717) is 13.2 Å². The molecule has 0 radical (unpaired) electrons. The lowest BCUT2D eigenvalue weighted by Crippen LogP contribution is -2.16. The number of hydrogen-bond acceptors (Lipinski definition) is 4. The number of nitrogens with zero attached hydrogens (tertiary/aromatic N) is 2. The second-order valence-corrected chi connectivity index (χ2v) is 3.61. The van der Waals surface area contributed by atoms with Crippen LogP contribution in [0.15, 0.2) is 12.3 Å². The normalized spacial score (nSPS) is 11.9. The number of anilines is 1. The molecule has 0 unspecified atom stereocenters. The highest BCUT2D eigenvalue weighted by molar-refractivity contribution is 5.25. The van der Waals surface area contributed by atoms with Gasteiger partial charge in [-0.3, -0.25) is 0 Å². The third-order valence-electron chi connectivity index (χ3n) is 1.78. The zero-order chi connectivity index (χ0) is 12.9. The maximum Gasteiger partial charge on any atom is 0.433 e. The largest absolute Gasteiger partial charge is 0.433 e. The summed E-state index contributed by atoms with van der Waals surface area (Å²) in [6.45, 7) is 4.50. The van der Waals surface area contributed by atoms with E-state index >= 15 is 0 Å². The summed E-state index contributed by atoms with van der Waals surface area (Å²) in [7, 11) is 0. The van der Waals surface area contributed by atoms with Crippen molar-refractivity contribution < 1.29 is 17.9 Å². The van der Waals surface area contributed by atoms with Gasteiger partial charge in [-0.1, -0.05) is 0 Å². The summed E-state index contributed by atoms with van der Waals surface area (Å²) in [5.74, 6) is -0.0489. The highest BCUT2D eigenvalue weighted by Gasteiger charge is 2.32. The molecule has 17 heavy (non-hydrogen) atoms. The Morgan fingerprint density at radius 2 is 2.12 bits per heavy atom. The molecule has 0 spiro atoms. The highest BCUT2D eigenvalue weighted by atomic mass is 19.4. The van der Waals surface area contributed by atoms with E-state index in [-0.39, 0.29) is 12.1 Å². The van der Waals surface area contributed by atoms with Crippen molar-refractivity contribution in [2.24, 2.45) is 0 Å². The van der Waals surface area contributed by atoms with Gasteiger partial charge in [-0.2, -0.15) is 13.2 Å². The van der Waals surface area contributed by atoms with Crippen molar-refractivity contribution in [1.29, 1.82) is 0 Å². The second kappa shape index (κ2) is 5.81. The fourth-order valence-corrected chi connectivity index (χ4v) is 1.06. The lowest BCUT2D eigenvalue weighted by atomic mass is 10.4. The van der Waals surface area contributed by atoms with Gasteiger partial charge in [-0.15, -0.1) is 0 Å². The van der Waals surface area contributed by atoms with E-state index in [0.717, 1.165) is 12.3 Å². The van der Waals surface area contributed by atoms with E-state index in [1.165, 1.54) is 0 Å². The lowest BCUT2D eigenvalue weighted by molar-refractivity contribution is -0.141. The minimum Gasteiger partial charge on any atom is -0.377 e. The number of rotatable bonds is 5. The Bertz CT molecular complexity index is 355. The fourth-order valence-electron chi connectivity index (χ4n) is 1.06. The minimum absolute atomic E-state index is 0.0489. The number of hydrogen-bond donors (Lipinski definition) is 1. The first-order chi connectivity index (χ1) is 7.89. The summed E-state index contributed by atoms with van der Waals surface area (Å²) in [6, 6.07) is 0.829. The van der Waals surface area contributed by atoms with Gasteiger partial charge in [-0.25, -0.2) is 9.97 Å². The first-order valence-electron chi connectivity index (χ1n) is 5.15. The zero-order valence-electron chi connectivity index (χ0n) is 9.58. The van der Waals surface area contributed by atoms with Crippen molar-refractivity contribution in [2.75, 3.05) is 18.5 Å². The predicted molar refractivity (Wildman–Crippen MR) is 56.6 cm³/mol. The smallest absolute Gasteiger partial charge is 0.377 e. The number of alkyl halides is 3. The molecule has 0 amide bonds. The summed E-state index contributed by atoms with van der Waals surface area (Å²) in [5, 5.41) is 2.67. The van der Waals surface area contributed by atoms with E-state index in [2.05, 4.69) is 15.3 Å². The fraction of sp³-hybridized carbons (Fsp3) is 0.600. The minimum atomic E-state index is -4.45. The van der Waals surface area contributed by atoms with Crippen molar-refractivity contribution in [1.82, 2.24) is 9.97 Å². The third kappa shape index (κ3) is 4.99. The Kier molecular flexibility index (Phi) is 4.68. The molecule has 0 aliphatic rings. The number of nitrogens with one attached hydrogen (secondary N) is 1. The SMILES string of the molecule is CC(C)OCCNc1nccc(C(F)(F)F)n1. The Morgan fingerprint density at radius 3 is 2.71 bits per heavy atom. The van der Waals surface area contributed by atoms with Crippen LogP contribution in [0, 0.1) is 0 Å². The summed E-state index contributed by atoms with van der Waals surface area (Å²) in [4.78, 5) is 7.05. The van der Waals surface area contributed by atoms with Crippen LogP contribution in [0.5, 0.6) is 0 Å². The zero-order valence-corrected chi connectivity index (χ0v) is 9.58. The molecule has 7 heteroatoms. The molecule has 4 nitrogen and oxygen atoms in total. The molecule has 0 saturated heterocycles. The Balaban J connectivity index is 2.49. The van der Waals surface area contributed by atoms with Gasteiger partial charge in [-0.05, 0) is 19.9 Å². The average molecular weight is 249 g/mol. The summed E-state index contributed by atoms with van der Waals surface area (Å²) < 4.78 is 42.2. The molecule has 0 aromatic carbocycles. The second-order valence-electron chi connectivity index (χ2n) is 3.61. The molecule has 0 atom stereocenters. The Labute approximate surface area is 97.2 Å². The van der Waals surface area contributed by atoms with Crippen molar-refractivity contribution in [3.63, 3.8) is 0 Å². The summed E-state index contributed by atoms with van der Waals surface area (Å²) in [5.41, 5.74) is -0.959. The first-order valence-corrected chi connectivity index (χ1v) is 5.15. The van der Waals surface area contributed by atoms with Crippen molar-refractivity contribution >= 4 is 5.95 Å². The van der Waals surface area contributed by atoms with Gasteiger partial charge >= 0.3 is 6.18 Å². The number of aromatic nitrogens is 2. The van der Waals surface area contributed by atoms with Gasteiger partial charge in [0.05, 0.1) is 12.7 Å². The van der Waals surface area contributed by atoms with Crippen LogP contribution in [0.2, 0.25) is 0 Å². The predicted octanol–water partition coefficient (Wildman–Crippen LogP) is 2.33. The van der Waals surface area contributed by atoms with Crippen molar-refractivity contribution in [3.05, 3.63) is 18.0 Å². The van der Waals surface area contributed by atoms with Gasteiger partial charge in [0.25, 0.3) is 0 Å². The first kappa shape index (κ1) is 13.7. The Morgan fingerprint density at radius 1 is 1.41 bits per heavy atom. The van der Waals surface area contributed by atoms with E-state index in [1.807, 2.05) is 13.8 Å². The van der Waals surface area contributed by atoms with Crippen LogP contribution in [0.1, 0.15) is 19.5 Å². The van der Waals surface area contributed by atoms with E-state index in [1.54, 1.807) is 0 Å². The van der Waals surface area contributed by atoms with Crippen LogP contribution in [0.4, 0.5) is 19.1 Å². The standard InChI is InChI=1S/C10H14F3N3O/c1-7(2)17-6-5-15-9-14-4-3-8(16-9)10(11,12)13/h3-4,7H,5-6H2,1-2H3,(H,14,15,16). The van der Waals surface area contributed by atoms with Gasteiger partial charge in [0.15, 0.2) is 0 Å². The number of halogens is 3. The molecule has 1 aromatic heterocycles. The quantitative estimate of drug-likeness (QED) is 0.813. The van der Waals surface area contributed by atoms with E-state index in [9.17, 15) is 13.2 Å². The van der Waals surface area contributed by atoms with Gasteiger partial charge < -0.3 is 10.1 Å². The third-order valence-corrected chi connectivity index (χ3v) is 1.78. The van der Waals surface area contributed by atoms with Gasteiger partial charge in [0.2, 0.25) is 5.95 Å². The van der Waals surface area contributed by atoms with Crippen LogP contribution >= 0.6 is 0 Å². The van der Waals surface area contributed by atoms with Crippen LogP contribution < -0.4 is 5.32 Å². The molecule has 0 aliphatic heterocycles. The molecule has 96 valence electrons. The molecule has 0 bridgehead atoms. The molecule has 1 heterocycles. The molecule has 1 aromatic rings. The molecule has 0 saturated carbocycles. The maximum absolute atomic E-state index is 12.3. The lowest BCUT2D eigenvalue weighted by Gasteiger charge is -2.10. The molecule has 0 aliphatic carbocycles. The monoisotopic (exact) mass is 249 g/mol. The van der Waals surface area contributed by atoms with Crippen LogP contribution in [0.3, 0.4) is 0 Å².